The molecule has 2 amide bonds. The fourth-order valence-corrected chi connectivity index (χ4v) is 6.66. The molecular weight excluding hydrogens is 617 g/mol. The van der Waals surface area contributed by atoms with Gasteiger partial charge in [0.2, 0.25) is 0 Å². The molecule has 44 heavy (non-hydrogen) atoms. The van der Waals surface area contributed by atoms with E-state index in [1.807, 2.05) is 11.0 Å². The zero-order valence-electron chi connectivity index (χ0n) is 24.2. The minimum atomic E-state index is -4.64. The van der Waals surface area contributed by atoms with Crippen LogP contribution in [0.4, 0.5) is 18.2 Å². The Bertz CT molecular complexity index is 1510. The van der Waals surface area contributed by atoms with Crippen LogP contribution in [0.25, 0.3) is 0 Å². The molecule has 2 aromatic carbocycles. The van der Waals surface area contributed by atoms with Gasteiger partial charge in [0.25, 0.3) is 11.8 Å². The highest BCUT2D eigenvalue weighted by atomic mass is 35.5. The molecule has 0 bridgehead atoms. The Hall–Kier alpha value is -3.29. The number of carbonyl (C=O) groups is 2. The van der Waals surface area contributed by atoms with Crippen LogP contribution in [0.3, 0.4) is 0 Å². The number of thiophene rings is 1. The van der Waals surface area contributed by atoms with Crippen LogP contribution in [0.1, 0.15) is 74.5 Å². The maximum atomic E-state index is 13.4. The van der Waals surface area contributed by atoms with Gasteiger partial charge in [0.15, 0.2) is 0 Å². The van der Waals surface area contributed by atoms with Gasteiger partial charge in [-0.1, -0.05) is 29.8 Å². The summed E-state index contributed by atoms with van der Waals surface area (Å²) in [6, 6.07) is 10.3. The van der Waals surface area contributed by atoms with Crippen LogP contribution in [-0.4, -0.2) is 58.4 Å². The van der Waals surface area contributed by atoms with Gasteiger partial charge < -0.3 is 15.5 Å². The summed E-state index contributed by atoms with van der Waals surface area (Å²) in [5.41, 5.74) is 3.79. The normalized spacial score (nSPS) is 14.8. The summed E-state index contributed by atoms with van der Waals surface area (Å²) < 4.78 is 39.6. The first-order valence-corrected chi connectivity index (χ1v) is 15.3. The molecule has 1 heterocycles. The van der Waals surface area contributed by atoms with Crippen molar-refractivity contribution in [2.24, 2.45) is 5.10 Å². The van der Waals surface area contributed by atoms with E-state index in [0.29, 0.717) is 42.2 Å². The predicted molar refractivity (Wildman–Crippen MR) is 166 cm³/mol. The molecule has 0 spiro atoms. The van der Waals surface area contributed by atoms with Crippen LogP contribution in [0.2, 0.25) is 5.02 Å². The number of halogens is 4. The van der Waals surface area contributed by atoms with E-state index in [4.69, 9.17) is 11.6 Å². The van der Waals surface area contributed by atoms with Crippen molar-refractivity contribution >= 4 is 46.0 Å². The van der Waals surface area contributed by atoms with Crippen molar-refractivity contribution in [1.29, 1.82) is 0 Å². The van der Waals surface area contributed by atoms with Gasteiger partial charge in [-0.2, -0.15) is 18.3 Å². The van der Waals surface area contributed by atoms with Gasteiger partial charge in [0.05, 0.1) is 34.6 Å². The fraction of sp³-hybridized carbons (Fsp3) is 0.387. The number of aliphatic hydroxyl groups excluding tert-OH is 2. The van der Waals surface area contributed by atoms with E-state index in [1.165, 1.54) is 17.4 Å². The fourth-order valence-electron chi connectivity index (χ4n) is 5.15. The molecule has 1 aliphatic rings. The Morgan fingerprint density at radius 2 is 1.77 bits per heavy atom. The number of alkyl halides is 3. The minimum absolute atomic E-state index is 0.100. The van der Waals surface area contributed by atoms with E-state index in [1.54, 1.807) is 32.0 Å². The number of aliphatic hydroxyl groups is 2. The van der Waals surface area contributed by atoms with Gasteiger partial charge in [0, 0.05) is 30.1 Å². The average Bonchev–Trinajstić information content (AvgIpc) is 3.30. The molecule has 4 N–H and O–H groups in total. The van der Waals surface area contributed by atoms with E-state index < -0.39 is 40.8 Å². The summed E-state index contributed by atoms with van der Waals surface area (Å²) in [4.78, 5) is 29.6. The van der Waals surface area contributed by atoms with Crippen LogP contribution in [0, 0.1) is 0 Å². The number of anilines is 1. The molecular formula is C31H34ClF3N4O4S. The molecule has 2 atom stereocenters. The van der Waals surface area contributed by atoms with E-state index in [0.717, 1.165) is 53.6 Å². The molecule has 1 aromatic heterocycles. The third-order valence-electron chi connectivity index (χ3n) is 6.94. The average molecular weight is 651 g/mol. The number of amides is 2. The van der Waals surface area contributed by atoms with Crippen LogP contribution in [0.5, 0.6) is 0 Å². The number of nitrogens with one attached hydrogen (secondary N) is 2. The number of hydrogen-bond acceptors (Lipinski definition) is 7. The molecule has 0 radical (unpaired) electrons. The molecule has 1 aliphatic carbocycles. The van der Waals surface area contributed by atoms with Crippen molar-refractivity contribution in [2.45, 2.75) is 64.5 Å². The van der Waals surface area contributed by atoms with Crippen molar-refractivity contribution in [2.75, 3.05) is 18.4 Å². The number of carbonyl (C=O) groups excluding carboxylic acids is 2. The molecule has 236 valence electrons. The minimum Gasteiger partial charge on any atom is -0.392 e. The van der Waals surface area contributed by atoms with Crippen molar-refractivity contribution < 1.29 is 33.0 Å². The number of hydrogen-bond donors (Lipinski definition) is 4. The third kappa shape index (κ3) is 8.89. The monoisotopic (exact) mass is 650 g/mol. The second-order valence-electron chi connectivity index (χ2n) is 10.9. The largest absolute Gasteiger partial charge is 0.417 e. The van der Waals surface area contributed by atoms with E-state index in [9.17, 15) is 33.0 Å². The second-order valence-corrected chi connectivity index (χ2v) is 12.4. The first kappa shape index (κ1) is 33.6. The summed E-state index contributed by atoms with van der Waals surface area (Å²) >= 11 is 7.01. The van der Waals surface area contributed by atoms with Crippen LogP contribution in [-0.2, 0) is 25.6 Å². The lowest BCUT2D eigenvalue weighted by Crippen LogP contribution is -2.35. The van der Waals surface area contributed by atoms with Crippen LogP contribution >= 0.6 is 22.9 Å². The highest BCUT2D eigenvalue weighted by Crippen LogP contribution is 2.38. The molecule has 4 rings (SSSR count). The van der Waals surface area contributed by atoms with Crippen LogP contribution < -0.4 is 10.7 Å². The SMILES string of the molecule is CC(O)CN(Cc1cccc(C(=O)Nc2sc3c(c2C(=O)N/N=C/c2ccc(Cl)c(C(F)(F)F)c2)CCCC3)c1)CC(C)O. The lowest BCUT2D eigenvalue weighted by molar-refractivity contribution is -0.137. The summed E-state index contributed by atoms with van der Waals surface area (Å²) in [6.45, 7) is 4.45. The summed E-state index contributed by atoms with van der Waals surface area (Å²) in [7, 11) is 0. The molecule has 0 fully saturated rings. The molecule has 13 heteroatoms. The smallest absolute Gasteiger partial charge is 0.392 e. The zero-order valence-corrected chi connectivity index (χ0v) is 25.8. The van der Waals surface area contributed by atoms with Crippen molar-refractivity contribution in [1.82, 2.24) is 10.3 Å². The topological polar surface area (TPSA) is 114 Å². The van der Waals surface area contributed by atoms with E-state index in [-0.39, 0.29) is 5.56 Å². The molecule has 8 nitrogen and oxygen atoms in total. The van der Waals surface area contributed by atoms with Crippen molar-refractivity contribution in [3.8, 4) is 0 Å². The Morgan fingerprint density at radius 1 is 1.07 bits per heavy atom. The highest BCUT2D eigenvalue weighted by molar-refractivity contribution is 7.17. The number of benzene rings is 2. The summed E-state index contributed by atoms with van der Waals surface area (Å²) in [5, 5.41) is 26.4. The zero-order chi connectivity index (χ0) is 32.0. The first-order chi connectivity index (χ1) is 20.8. The summed E-state index contributed by atoms with van der Waals surface area (Å²) in [5.74, 6) is -0.997. The van der Waals surface area contributed by atoms with Gasteiger partial charge in [-0.15, -0.1) is 11.3 Å². The van der Waals surface area contributed by atoms with Gasteiger partial charge in [-0.25, -0.2) is 5.43 Å². The number of aryl methyl sites for hydroxylation is 1. The maximum Gasteiger partial charge on any atom is 0.417 e. The summed E-state index contributed by atoms with van der Waals surface area (Å²) in [6.07, 6.45) is -1.48. The van der Waals surface area contributed by atoms with Crippen molar-refractivity contribution in [3.05, 3.63) is 85.7 Å². The first-order valence-electron chi connectivity index (χ1n) is 14.1. The van der Waals surface area contributed by atoms with Crippen molar-refractivity contribution in [3.63, 3.8) is 0 Å². The molecule has 0 saturated heterocycles. The Kier molecular flexibility index (Phi) is 11.2. The maximum absolute atomic E-state index is 13.4. The number of fused-ring (bicyclic) bond motifs is 1. The molecule has 0 aliphatic heterocycles. The standard InChI is InChI=1S/C31H34ClF3N4O4S/c1-18(40)15-39(16-19(2)41)17-21-6-5-7-22(12-21)28(42)37-30-27(23-8-3-4-9-26(23)44-30)29(43)38-36-14-20-10-11-25(32)24(13-20)31(33,34)35/h5-7,10-14,18-19,40-41H,3-4,8-9,15-17H2,1-2H3,(H,37,42)(H,38,43)/b36-14+. The van der Waals surface area contributed by atoms with Crippen LogP contribution in [0.15, 0.2) is 47.6 Å². The number of rotatable bonds is 11. The second kappa shape index (κ2) is 14.7. The van der Waals surface area contributed by atoms with E-state index in [2.05, 4.69) is 15.8 Å². The number of hydrazone groups is 1. The molecule has 0 saturated carbocycles. The Morgan fingerprint density at radius 3 is 2.45 bits per heavy atom. The predicted octanol–water partition coefficient (Wildman–Crippen LogP) is 5.88. The molecule has 3 aromatic rings. The Labute approximate surface area is 262 Å². The Balaban J connectivity index is 1.52. The highest BCUT2D eigenvalue weighted by Gasteiger charge is 2.33. The van der Waals surface area contributed by atoms with Gasteiger partial charge >= 0.3 is 6.18 Å². The number of nitrogens with zero attached hydrogens (tertiary/aromatic N) is 2. The lowest BCUT2D eigenvalue weighted by atomic mass is 9.95. The van der Waals surface area contributed by atoms with E-state index >= 15 is 0 Å². The molecule has 2 unspecified atom stereocenters. The third-order valence-corrected chi connectivity index (χ3v) is 8.48. The quantitative estimate of drug-likeness (QED) is 0.153. The van der Waals surface area contributed by atoms with Gasteiger partial charge in [-0.05, 0) is 80.5 Å². The van der Waals surface area contributed by atoms with Gasteiger partial charge in [0.1, 0.15) is 5.00 Å². The van der Waals surface area contributed by atoms with Gasteiger partial charge in [-0.3, -0.25) is 14.5 Å². The lowest BCUT2D eigenvalue weighted by Gasteiger charge is -2.25.